The number of para-hydroxylation sites is 1. The van der Waals surface area contributed by atoms with Gasteiger partial charge in [-0.3, -0.25) is 0 Å². The molecule has 0 aliphatic heterocycles. The number of benzene rings is 6. The molecule has 0 N–H and O–H groups in total. The van der Waals surface area contributed by atoms with Crippen molar-refractivity contribution in [2.45, 2.75) is 45.4 Å². The fourth-order valence-electron chi connectivity index (χ4n) is 9.61. The molecule has 0 saturated heterocycles. The summed E-state index contributed by atoms with van der Waals surface area (Å²) in [7, 11) is 0. The van der Waals surface area contributed by atoms with Crippen molar-refractivity contribution in [1.29, 1.82) is 0 Å². The Morgan fingerprint density at radius 2 is 1.44 bits per heavy atom. The van der Waals surface area contributed by atoms with Crippen LogP contribution in [0.3, 0.4) is 0 Å². The van der Waals surface area contributed by atoms with Gasteiger partial charge in [0, 0.05) is 33.6 Å². The number of fused-ring (bicyclic) bond motifs is 7. The molecule has 2 nitrogen and oxygen atoms in total. The quantitative estimate of drug-likeness (QED) is 0.167. The smallest absolute Gasteiger partial charge is 0.134 e. The lowest BCUT2D eigenvalue weighted by molar-refractivity contribution is 0.577. The van der Waals surface area contributed by atoms with E-state index >= 15 is 0 Å². The summed E-state index contributed by atoms with van der Waals surface area (Å²) in [4.78, 5) is 0. The maximum absolute atomic E-state index is 6.13. The van der Waals surface area contributed by atoms with E-state index < -0.39 is 0 Å². The molecule has 0 fully saturated rings. The Hall–Kier alpha value is -6.03. The standard InChI is InChI=1S/C53H41NO.CH4S/c1-3-4-13-40-33(2)55-52-29-23-37(32-49(40)52)36-22-28-51-48(31-36)44-16-7-8-19-50(44)54(51)39-24-20-34(21-25-39)35-11-9-12-38(30-35)41-26-27-47-43-15-6-5-14-42(43)46-18-10-17-45(41)53(46)47;1-2/h4,7-30,32,36H,3,5-6,31H2,1-2H3;2H,1H3/b13-4-;. The minimum absolute atomic E-state index is 0.292. The fraction of sp³-hybridized carbons (Fsp3) is 0.148. The number of hydrogen-bond donors (Lipinski definition) is 1. The van der Waals surface area contributed by atoms with E-state index in [9.17, 15) is 0 Å². The van der Waals surface area contributed by atoms with Crippen LogP contribution in [0.15, 0.2) is 150 Å². The molecule has 3 aliphatic rings. The second-order valence-electron chi connectivity index (χ2n) is 15.4. The van der Waals surface area contributed by atoms with E-state index in [0.717, 1.165) is 37.0 Å². The first-order chi connectivity index (χ1) is 28.1. The monoisotopic (exact) mass is 755 g/mol. The molecule has 0 saturated carbocycles. The van der Waals surface area contributed by atoms with Gasteiger partial charge in [-0.05, 0) is 148 Å². The number of aryl methyl sites for hydroxylation is 1. The molecule has 1 unspecified atom stereocenters. The minimum Gasteiger partial charge on any atom is -0.461 e. The Morgan fingerprint density at radius 3 is 2.26 bits per heavy atom. The van der Waals surface area contributed by atoms with Crippen LogP contribution >= 0.6 is 12.6 Å². The number of hydrogen-bond acceptors (Lipinski definition) is 2. The van der Waals surface area contributed by atoms with E-state index in [2.05, 4.69) is 189 Å². The Labute approximate surface area is 340 Å². The summed E-state index contributed by atoms with van der Waals surface area (Å²) < 4.78 is 8.58. The van der Waals surface area contributed by atoms with Gasteiger partial charge in [-0.25, -0.2) is 0 Å². The number of thiol groups is 1. The van der Waals surface area contributed by atoms with E-state index in [0.29, 0.717) is 5.92 Å². The summed E-state index contributed by atoms with van der Waals surface area (Å²) in [5, 5.41) is 5.27. The number of furan rings is 1. The van der Waals surface area contributed by atoms with Crippen molar-refractivity contribution < 1.29 is 4.42 Å². The molecule has 8 aromatic rings. The van der Waals surface area contributed by atoms with Crippen molar-refractivity contribution in [3.8, 4) is 27.9 Å². The van der Waals surface area contributed by atoms with Gasteiger partial charge in [-0.15, -0.1) is 0 Å². The Kier molecular flexibility index (Phi) is 8.99. The third-order valence-corrected chi connectivity index (χ3v) is 12.2. The Morgan fingerprint density at radius 1 is 0.702 bits per heavy atom. The molecular weight excluding hydrogens is 711 g/mol. The lowest BCUT2D eigenvalue weighted by atomic mass is 9.86. The third kappa shape index (κ3) is 5.79. The Balaban J connectivity index is 0.00000195. The van der Waals surface area contributed by atoms with Gasteiger partial charge in [0.15, 0.2) is 0 Å². The van der Waals surface area contributed by atoms with Gasteiger partial charge in [0.05, 0.1) is 5.52 Å². The largest absolute Gasteiger partial charge is 0.461 e. The molecule has 0 amide bonds. The zero-order valence-corrected chi connectivity index (χ0v) is 33.6. The summed E-state index contributed by atoms with van der Waals surface area (Å²) in [6.45, 7) is 4.24. The van der Waals surface area contributed by atoms with Gasteiger partial charge < -0.3 is 8.98 Å². The highest BCUT2D eigenvalue weighted by atomic mass is 32.1. The summed E-state index contributed by atoms with van der Waals surface area (Å²) in [5.74, 6) is 1.27. The van der Waals surface area contributed by atoms with Gasteiger partial charge in [-0.1, -0.05) is 122 Å². The van der Waals surface area contributed by atoms with Crippen LogP contribution in [0.5, 0.6) is 0 Å². The van der Waals surface area contributed by atoms with Gasteiger partial charge in [0.1, 0.15) is 11.3 Å². The van der Waals surface area contributed by atoms with Crippen molar-refractivity contribution in [3.05, 3.63) is 185 Å². The Bertz CT molecular complexity index is 2970. The molecule has 57 heavy (non-hydrogen) atoms. The molecule has 2 aromatic heterocycles. The number of nitrogens with zero attached hydrogens (tertiary/aromatic N) is 1. The normalized spacial score (nSPS) is 15.5. The average molecular weight is 756 g/mol. The molecule has 0 bridgehead atoms. The van der Waals surface area contributed by atoms with Crippen molar-refractivity contribution in [3.63, 3.8) is 0 Å². The first-order valence-electron chi connectivity index (χ1n) is 20.3. The van der Waals surface area contributed by atoms with Gasteiger partial charge in [-0.2, -0.15) is 12.6 Å². The second kappa shape index (κ2) is 14.5. The first-order valence-corrected chi connectivity index (χ1v) is 21.2. The zero-order chi connectivity index (χ0) is 38.6. The maximum atomic E-state index is 6.13. The number of rotatable bonds is 6. The average Bonchev–Trinajstić information content (AvgIpc) is 3.90. The predicted octanol–water partition coefficient (Wildman–Crippen LogP) is 15.1. The topological polar surface area (TPSA) is 18.1 Å². The van der Waals surface area contributed by atoms with Crippen LogP contribution in [-0.2, 0) is 6.42 Å². The molecule has 2 heterocycles. The van der Waals surface area contributed by atoms with E-state index in [1.807, 2.05) is 0 Å². The second-order valence-corrected chi connectivity index (χ2v) is 15.4. The molecular formula is C54H45NOS. The summed E-state index contributed by atoms with van der Waals surface area (Å²) in [5.41, 5.74) is 19.2. The van der Waals surface area contributed by atoms with Crippen LogP contribution in [-0.4, -0.2) is 10.8 Å². The molecule has 3 heteroatoms. The minimum atomic E-state index is 0.292. The molecule has 0 spiro atoms. The molecule has 6 aromatic carbocycles. The van der Waals surface area contributed by atoms with E-state index in [-0.39, 0.29) is 0 Å². The summed E-state index contributed by atoms with van der Waals surface area (Å²) in [6.07, 6.45) is 19.9. The van der Waals surface area contributed by atoms with Gasteiger partial charge in [0.2, 0.25) is 0 Å². The van der Waals surface area contributed by atoms with Crippen LogP contribution in [0.1, 0.15) is 71.4 Å². The van der Waals surface area contributed by atoms with E-state index in [1.165, 1.54) is 99.7 Å². The molecule has 1 atom stereocenters. The van der Waals surface area contributed by atoms with Crippen molar-refractivity contribution in [1.82, 2.24) is 4.57 Å². The summed E-state index contributed by atoms with van der Waals surface area (Å²) in [6, 6.07) is 45.4. The first kappa shape index (κ1) is 35.4. The SMILES string of the molecule is CC/C=C\c1c(C)oc2ccc(C3C=Cc4c(c5ccccc5n4-c4ccc(-c5cccc(-c6ccc7c8c(cccc68)C6=CCCC=C67)c5)cc4)C3)cc12.CS. The van der Waals surface area contributed by atoms with Crippen LogP contribution in [0.25, 0.3) is 83.9 Å². The third-order valence-electron chi connectivity index (χ3n) is 12.2. The van der Waals surface area contributed by atoms with Crippen LogP contribution in [0.2, 0.25) is 0 Å². The number of aromatic nitrogens is 1. The van der Waals surface area contributed by atoms with Crippen molar-refractivity contribution in [2.24, 2.45) is 0 Å². The fourth-order valence-corrected chi connectivity index (χ4v) is 9.61. The van der Waals surface area contributed by atoms with Crippen molar-refractivity contribution >= 4 is 68.6 Å². The van der Waals surface area contributed by atoms with Crippen molar-refractivity contribution in [2.75, 3.05) is 6.26 Å². The van der Waals surface area contributed by atoms with E-state index in [4.69, 9.17) is 4.42 Å². The van der Waals surface area contributed by atoms with Crippen LogP contribution in [0, 0.1) is 6.92 Å². The lowest BCUT2D eigenvalue weighted by Gasteiger charge is -2.20. The molecule has 3 aliphatic carbocycles. The molecule has 0 radical (unpaired) electrons. The van der Waals surface area contributed by atoms with Gasteiger partial charge >= 0.3 is 0 Å². The van der Waals surface area contributed by atoms with Gasteiger partial charge in [0.25, 0.3) is 0 Å². The van der Waals surface area contributed by atoms with E-state index in [1.54, 1.807) is 6.26 Å². The maximum Gasteiger partial charge on any atom is 0.134 e. The lowest BCUT2D eigenvalue weighted by Crippen LogP contribution is -2.07. The van der Waals surface area contributed by atoms with Crippen LogP contribution < -0.4 is 0 Å². The highest BCUT2D eigenvalue weighted by Gasteiger charge is 2.27. The molecule has 278 valence electrons. The predicted molar refractivity (Wildman–Crippen MR) is 248 cm³/mol. The highest BCUT2D eigenvalue weighted by molar-refractivity contribution is 7.79. The number of allylic oxidation sites excluding steroid dienone is 6. The zero-order valence-electron chi connectivity index (χ0n) is 32.7. The summed E-state index contributed by atoms with van der Waals surface area (Å²) >= 11 is 3.53. The molecule has 11 rings (SSSR count). The van der Waals surface area contributed by atoms with Crippen LogP contribution in [0.4, 0.5) is 0 Å². The highest BCUT2D eigenvalue weighted by Crippen LogP contribution is 2.50.